The molecule has 0 saturated heterocycles. The third kappa shape index (κ3) is 4.13. The number of nitrogens with zero attached hydrogens (tertiary/aromatic N) is 4. The third-order valence-corrected chi connectivity index (χ3v) is 2.67. The van der Waals surface area contributed by atoms with E-state index in [1.165, 1.54) is 4.68 Å². The molecule has 5 nitrogen and oxygen atoms in total. The molecule has 2 aromatic heterocycles. The summed E-state index contributed by atoms with van der Waals surface area (Å²) < 4.78 is 27.4. The van der Waals surface area contributed by atoms with Crippen LogP contribution in [-0.4, -0.2) is 26.0 Å². The maximum absolute atomic E-state index is 12.2. The van der Waals surface area contributed by atoms with E-state index in [4.69, 9.17) is 0 Å². The number of halogens is 2. The Labute approximate surface area is 110 Å². The Morgan fingerprint density at radius 3 is 2.84 bits per heavy atom. The van der Waals surface area contributed by atoms with Gasteiger partial charge >= 0.3 is 0 Å². The zero-order valence-corrected chi connectivity index (χ0v) is 10.8. The summed E-state index contributed by atoms with van der Waals surface area (Å²) in [5.41, 5.74) is 1.84. The second-order valence-corrected chi connectivity index (χ2v) is 4.23. The highest BCUT2D eigenvalue weighted by molar-refractivity contribution is 5.04. The van der Waals surface area contributed by atoms with E-state index in [0.29, 0.717) is 13.1 Å². The number of rotatable bonds is 7. The molecule has 0 aliphatic carbocycles. The van der Waals surface area contributed by atoms with Crippen molar-refractivity contribution < 1.29 is 8.78 Å². The first-order valence-corrected chi connectivity index (χ1v) is 6.20. The van der Waals surface area contributed by atoms with Crippen LogP contribution in [0, 0.1) is 0 Å². The summed E-state index contributed by atoms with van der Waals surface area (Å²) in [4.78, 5) is 0. The van der Waals surface area contributed by atoms with E-state index in [1.807, 2.05) is 23.9 Å². The van der Waals surface area contributed by atoms with E-state index in [9.17, 15) is 8.78 Å². The summed E-state index contributed by atoms with van der Waals surface area (Å²) >= 11 is 0. The zero-order valence-electron chi connectivity index (χ0n) is 10.8. The van der Waals surface area contributed by atoms with Crippen molar-refractivity contribution in [3.63, 3.8) is 0 Å². The van der Waals surface area contributed by atoms with Gasteiger partial charge in [0.25, 0.3) is 6.43 Å². The summed E-state index contributed by atoms with van der Waals surface area (Å²) in [5.74, 6) is 0. The fourth-order valence-corrected chi connectivity index (χ4v) is 1.75. The van der Waals surface area contributed by atoms with E-state index in [0.717, 1.165) is 17.8 Å². The molecule has 19 heavy (non-hydrogen) atoms. The van der Waals surface area contributed by atoms with Crippen LogP contribution in [-0.2, 0) is 26.2 Å². The number of hydrogen-bond acceptors (Lipinski definition) is 3. The first kappa shape index (κ1) is 13.7. The molecule has 7 heteroatoms. The van der Waals surface area contributed by atoms with Gasteiger partial charge in [0.1, 0.15) is 6.54 Å². The van der Waals surface area contributed by atoms with Crippen LogP contribution in [0.1, 0.15) is 18.2 Å². The van der Waals surface area contributed by atoms with Gasteiger partial charge in [-0.1, -0.05) is 0 Å². The minimum Gasteiger partial charge on any atom is -0.307 e. The van der Waals surface area contributed by atoms with Crippen LogP contribution >= 0.6 is 0 Å². The average molecular weight is 269 g/mol. The Morgan fingerprint density at radius 1 is 1.32 bits per heavy atom. The molecule has 2 rings (SSSR count). The second-order valence-electron chi connectivity index (χ2n) is 4.23. The van der Waals surface area contributed by atoms with Crippen molar-refractivity contribution in [2.24, 2.45) is 0 Å². The zero-order chi connectivity index (χ0) is 13.7. The minimum atomic E-state index is -2.38. The fraction of sp³-hybridized carbons (Fsp3) is 0.500. The summed E-state index contributed by atoms with van der Waals surface area (Å²) in [6.45, 7) is 3.75. The van der Waals surface area contributed by atoms with Crippen LogP contribution in [0.15, 0.2) is 24.7 Å². The molecular weight excluding hydrogens is 252 g/mol. The van der Waals surface area contributed by atoms with Crippen LogP contribution in [0.3, 0.4) is 0 Å². The van der Waals surface area contributed by atoms with Crippen molar-refractivity contribution in [1.29, 1.82) is 0 Å². The number of nitrogens with one attached hydrogen (secondary N) is 1. The van der Waals surface area contributed by atoms with Crippen LogP contribution in [0.4, 0.5) is 8.78 Å². The SMILES string of the molecule is CCn1ccc(CNCc2cnn(CC(F)F)c2)n1. The average Bonchev–Trinajstić information content (AvgIpc) is 2.98. The smallest absolute Gasteiger partial charge is 0.257 e. The van der Waals surface area contributed by atoms with Crippen molar-refractivity contribution in [3.05, 3.63) is 35.9 Å². The van der Waals surface area contributed by atoms with Crippen molar-refractivity contribution in [3.8, 4) is 0 Å². The summed E-state index contributed by atoms with van der Waals surface area (Å²) in [5, 5.41) is 11.4. The first-order chi connectivity index (χ1) is 9.17. The number of aryl methyl sites for hydroxylation is 1. The monoisotopic (exact) mass is 269 g/mol. The van der Waals surface area contributed by atoms with E-state index in [2.05, 4.69) is 15.5 Å². The van der Waals surface area contributed by atoms with Crippen LogP contribution < -0.4 is 5.32 Å². The maximum atomic E-state index is 12.2. The molecule has 0 spiro atoms. The minimum absolute atomic E-state index is 0.360. The van der Waals surface area contributed by atoms with Crippen molar-refractivity contribution >= 4 is 0 Å². The first-order valence-electron chi connectivity index (χ1n) is 6.20. The van der Waals surface area contributed by atoms with E-state index in [1.54, 1.807) is 12.4 Å². The van der Waals surface area contributed by atoms with Crippen LogP contribution in [0.25, 0.3) is 0 Å². The standard InChI is InChI=1S/C12H17F2N5/c1-2-18-4-3-11(17-18)7-15-5-10-6-16-19(8-10)9-12(13)14/h3-4,6,8,12,15H,2,5,7,9H2,1H3. The van der Waals surface area contributed by atoms with Gasteiger partial charge in [-0.2, -0.15) is 10.2 Å². The van der Waals surface area contributed by atoms with Crippen molar-refractivity contribution in [2.45, 2.75) is 39.5 Å². The van der Waals surface area contributed by atoms with Gasteiger partial charge in [0, 0.05) is 37.6 Å². The molecule has 1 N–H and O–H groups in total. The molecule has 0 bridgehead atoms. The normalized spacial score (nSPS) is 11.4. The van der Waals surface area contributed by atoms with Gasteiger partial charge in [0.15, 0.2) is 0 Å². The molecule has 0 saturated carbocycles. The Kier molecular flexibility index (Phi) is 4.62. The Bertz CT molecular complexity index is 506. The summed E-state index contributed by atoms with van der Waals surface area (Å²) in [6.07, 6.45) is 2.78. The van der Waals surface area contributed by atoms with Gasteiger partial charge in [0.2, 0.25) is 0 Å². The van der Waals surface area contributed by atoms with Crippen molar-refractivity contribution in [2.75, 3.05) is 0 Å². The molecule has 104 valence electrons. The molecule has 0 amide bonds. The molecule has 0 unspecified atom stereocenters. The lowest BCUT2D eigenvalue weighted by molar-refractivity contribution is 0.122. The Balaban J connectivity index is 1.77. The van der Waals surface area contributed by atoms with Gasteiger partial charge in [-0.3, -0.25) is 9.36 Å². The van der Waals surface area contributed by atoms with Gasteiger partial charge in [-0.05, 0) is 13.0 Å². The predicted octanol–water partition coefficient (Wildman–Crippen LogP) is 1.65. The highest BCUT2D eigenvalue weighted by Gasteiger charge is 2.05. The molecule has 0 radical (unpaired) electrons. The van der Waals surface area contributed by atoms with Gasteiger partial charge in [-0.25, -0.2) is 8.78 Å². The van der Waals surface area contributed by atoms with Crippen molar-refractivity contribution in [1.82, 2.24) is 24.9 Å². The Hall–Kier alpha value is -1.76. The predicted molar refractivity (Wildman–Crippen MR) is 66.7 cm³/mol. The molecule has 0 aromatic carbocycles. The quantitative estimate of drug-likeness (QED) is 0.831. The highest BCUT2D eigenvalue weighted by Crippen LogP contribution is 2.02. The highest BCUT2D eigenvalue weighted by atomic mass is 19.3. The Morgan fingerprint density at radius 2 is 2.16 bits per heavy atom. The van der Waals surface area contributed by atoms with E-state index < -0.39 is 6.43 Å². The summed E-state index contributed by atoms with van der Waals surface area (Å²) in [6, 6.07) is 1.96. The van der Waals surface area contributed by atoms with Crippen LogP contribution in [0.2, 0.25) is 0 Å². The molecule has 2 aromatic rings. The number of aromatic nitrogens is 4. The largest absolute Gasteiger partial charge is 0.307 e. The summed E-state index contributed by atoms with van der Waals surface area (Å²) in [7, 11) is 0. The molecule has 2 heterocycles. The fourth-order valence-electron chi connectivity index (χ4n) is 1.75. The lowest BCUT2D eigenvalue weighted by atomic mass is 10.3. The molecular formula is C12H17F2N5. The molecule has 0 aliphatic heterocycles. The molecule has 0 fully saturated rings. The number of alkyl halides is 2. The molecule has 0 atom stereocenters. The number of hydrogen-bond donors (Lipinski definition) is 1. The maximum Gasteiger partial charge on any atom is 0.257 e. The lowest BCUT2D eigenvalue weighted by Crippen LogP contribution is -2.13. The lowest BCUT2D eigenvalue weighted by Gasteiger charge is -2.00. The second kappa shape index (κ2) is 6.42. The van der Waals surface area contributed by atoms with Gasteiger partial charge in [0.05, 0.1) is 11.9 Å². The van der Waals surface area contributed by atoms with Gasteiger partial charge < -0.3 is 5.32 Å². The van der Waals surface area contributed by atoms with E-state index in [-0.39, 0.29) is 6.54 Å². The van der Waals surface area contributed by atoms with Crippen LogP contribution in [0.5, 0.6) is 0 Å². The molecule has 0 aliphatic rings. The van der Waals surface area contributed by atoms with E-state index >= 15 is 0 Å². The van der Waals surface area contributed by atoms with Gasteiger partial charge in [-0.15, -0.1) is 0 Å². The topological polar surface area (TPSA) is 47.7 Å². The third-order valence-electron chi connectivity index (χ3n) is 2.67.